The van der Waals surface area contributed by atoms with Gasteiger partial charge in [0, 0.05) is 31.2 Å². The van der Waals surface area contributed by atoms with Crippen molar-refractivity contribution in [3.8, 4) is 0 Å². The minimum Gasteiger partial charge on any atom is -0.379 e. The summed E-state index contributed by atoms with van der Waals surface area (Å²) in [5.41, 5.74) is 3.07. The standard InChI is InChI=1S/C19H30N2O/c1-16-6-5-7-18(14-16)15-20-17(2)19(8-3-4-9-19)21-10-12-22-13-11-21/h5-7,14,17,20H,3-4,8-13,15H2,1-2H3. The number of nitrogens with one attached hydrogen (secondary N) is 1. The zero-order valence-electron chi connectivity index (χ0n) is 14.1. The van der Waals surface area contributed by atoms with Crippen molar-refractivity contribution in [3.63, 3.8) is 0 Å². The minimum atomic E-state index is 0.341. The molecule has 1 aliphatic carbocycles. The molecule has 1 aromatic carbocycles. The van der Waals surface area contributed by atoms with Gasteiger partial charge in [0.2, 0.25) is 0 Å². The number of aryl methyl sites for hydroxylation is 1. The van der Waals surface area contributed by atoms with Gasteiger partial charge in [-0.25, -0.2) is 0 Å². The molecular formula is C19H30N2O. The molecule has 22 heavy (non-hydrogen) atoms. The maximum absolute atomic E-state index is 5.56. The number of ether oxygens (including phenoxy) is 1. The molecule has 1 N–H and O–H groups in total. The fraction of sp³-hybridized carbons (Fsp3) is 0.684. The second-order valence-corrected chi connectivity index (χ2v) is 7.00. The van der Waals surface area contributed by atoms with E-state index >= 15 is 0 Å². The quantitative estimate of drug-likeness (QED) is 0.904. The predicted octanol–water partition coefficient (Wildman–Crippen LogP) is 3.12. The maximum Gasteiger partial charge on any atom is 0.0594 e. The van der Waals surface area contributed by atoms with Crippen LogP contribution < -0.4 is 5.32 Å². The number of nitrogens with zero attached hydrogens (tertiary/aromatic N) is 1. The van der Waals surface area contributed by atoms with Crippen LogP contribution in [0.25, 0.3) is 0 Å². The Morgan fingerprint density at radius 2 is 1.95 bits per heavy atom. The lowest BCUT2D eigenvalue weighted by Gasteiger charge is -2.47. The summed E-state index contributed by atoms with van der Waals surface area (Å²) in [6.45, 7) is 9.50. The average molecular weight is 302 g/mol. The van der Waals surface area contributed by atoms with E-state index in [2.05, 4.69) is 48.3 Å². The maximum atomic E-state index is 5.56. The summed E-state index contributed by atoms with van der Waals surface area (Å²) in [5, 5.41) is 3.82. The van der Waals surface area contributed by atoms with Crippen molar-refractivity contribution in [1.82, 2.24) is 10.2 Å². The highest BCUT2D eigenvalue weighted by atomic mass is 16.5. The summed E-state index contributed by atoms with van der Waals surface area (Å²) < 4.78 is 5.56. The highest BCUT2D eigenvalue weighted by Gasteiger charge is 2.44. The van der Waals surface area contributed by atoms with Crippen molar-refractivity contribution in [2.75, 3.05) is 26.3 Å². The second-order valence-electron chi connectivity index (χ2n) is 7.00. The third-order valence-corrected chi connectivity index (χ3v) is 5.61. The van der Waals surface area contributed by atoms with E-state index in [4.69, 9.17) is 4.74 Å². The third kappa shape index (κ3) is 3.37. The van der Waals surface area contributed by atoms with E-state index in [9.17, 15) is 0 Å². The fourth-order valence-electron chi connectivity index (χ4n) is 4.30. The van der Waals surface area contributed by atoms with Crippen LogP contribution in [0.2, 0.25) is 0 Å². The first kappa shape index (κ1) is 16.0. The summed E-state index contributed by atoms with van der Waals surface area (Å²) in [6.07, 6.45) is 5.39. The van der Waals surface area contributed by atoms with E-state index in [1.165, 1.54) is 36.8 Å². The monoisotopic (exact) mass is 302 g/mol. The van der Waals surface area contributed by atoms with Crippen LogP contribution in [-0.4, -0.2) is 42.8 Å². The van der Waals surface area contributed by atoms with Crippen molar-refractivity contribution in [2.45, 2.75) is 57.7 Å². The number of rotatable bonds is 5. The lowest BCUT2D eigenvalue weighted by atomic mass is 9.86. The van der Waals surface area contributed by atoms with Gasteiger partial charge < -0.3 is 10.1 Å². The number of hydrogen-bond acceptors (Lipinski definition) is 3. The van der Waals surface area contributed by atoms with Crippen LogP contribution in [-0.2, 0) is 11.3 Å². The zero-order chi connectivity index (χ0) is 15.4. The molecule has 0 bridgehead atoms. The van der Waals surface area contributed by atoms with Crippen molar-refractivity contribution in [3.05, 3.63) is 35.4 Å². The molecule has 2 fully saturated rings. The van der Waals surface area contributed by atoms with E-state index in [-0.39, 0.29) is 0 Å². The van der Waals surface area contributed by atoms with Crippen LogP contribution >= 0.6 is 0 Å². The normalized spacial score (nSPS) is 23.5. The Kier molecular flexibility index (Phi) is 5.17. The largest absolute Gasteiger partial charge is 0.379 e. The molecule has 0 radical (unpaired) electrons. The molecule has 1 saturated carbocycles. The van der Waals surface area contributed by atoms with Crippen molar-refractivity contribution >= 4 is 0 Å². The van der Waals surface area contributed by atoms with Gasteiger partial charge >= 0.3 is 0 Å². The van der Waals surface area contributed by atoms with Crippen LogP contribution in [0.1, 0.15) is 43.7 Å². The Morgan fingerprint density at radius 1 is 1.23 bits per heavy atom. The average Bonchev–Trinajstić information content (AvgIpc) is 3.04. The Morgan fingerprint density at radius 3 is 2.64 bits per heavy atom. The molecule has 0 amide bonds. The smallest absolute Gasteiger partial charge is 0.0594 e. The molecule has 1 saturated heterocycles. The van der Waals surface area contributed by atoms with E-state index in [1.807, 2.05) is 0 Å². The number of hydrogen-bond donors (Lipinski definition) is 1. The van der Waals surface area contributed by atoms with Gasteiger partial charge in [-0.05, 0) is 32.3 Å². The highest BCUT2D eigenvalue weighted by Crippen LogP contribution is 2.38. The van der Waals surface area contributed by atoms with Crippen LogP contribution in [0, 0.1) is 6.92 Å². The summed E-state index contributed by atoms with van der Waals surface area (Å²) in [5.74, 6) is 0. The molecule has 1 heterocycles. The summed E-state index contributed by atoms with van der Waals surface area (Å²) >= 11 is 0. The van der Waals surface area contributed by atoms with Crippen LogP contribution in [0.3, 0.4) is 0 Å². The molecule has 1 aromatic rings. The van der Waals surface area contributed by atoms with Gasteiger partial charge in [0.05, 0.1) is 13.2 Å². The number of morpholine rings is 1. The second kappa shape index (κ2) is 7.12. The third-order valence-electron chi connectivity index (χ3n) is 5.61. The van der Waals surface area contributed by atoms with Crippen molar-refractivity contribution < 1.29 is 4.74 Å². The first-order valence-corrected chi connectivity index (χ1v) is 8.82. The number of benzene rings is 1. The van der Waals surface area contributed by atoms with Gasteiger partial charge in [0.25, 0.3) is 0 Å². The van der Waals surface area contributed by atoms with Gasteiger partial charge in [-0.1, -0.05) is 42.7 Å². The first-order valence-electron chi connectivity index (χ1n) is 8.82. The molecule has 3 heteroatoms. The Hall–Kier alpha value is -0.900. The van der Waals surface area contributed by atoms with Gasteiger partial charge in [-0.2, -0.15) is 0 Å². The Labute approximate surface area is 135 Å². The molecule has 1 aliphatic heterocycles. The van der Waals surface area contributed by atoms with Crippen LogP contribution in [0.4, 0.5) is 0 Å². The first-order chi connectivity index (χ1) is 10.7. The van der Waals surface area contributed by atoms with Crippen LogP contribution in [0.15, 0.2) is 24.3 Å². The molecule has 3 rings (SSSR count). The molecule has 2 aliphatic rings. The van der Waals surface area contributed by atoms with Crippen molar-refractivity contribution in [1.29, 1.82) is 0 Å². The minimum absolute atomic E-state index is 0.341. The van der Waals surface area contributed by atoms with E-state index in [1.54, 1.807) is 0 Å². The van der Waals surface area contributed by atoms with Gasteiger partial charge in [-0.3, -0.25) is 4.90 Å². The molecule has 3 nitrogen and oxygen atoms in total. The molecule has 122 valence electrons. The summed E-state index contributed by atoms with van der Waals surface area (Å²) in [6, 6.07) is 9.36. The van der Waals surface area contributed by atoms with Crippen LogP contribution in [0.5, 0.6) is 0 Å². The molecular weight excluding hydrogens is 272 g/mol. The van der Waals surface area contributed by atoms with Gasteiger partial charge in [-0.15, -0.1) is 0 Å². The predicted molar refractivity (Wildman–Crippen MR) is 91.1 cm³/mol. The fourth-order valence-corrected chi connectivity index (χ4v) is 4.30. The Balaban J connectivity index is 1.66. The topological polar surface area (TPSA) is 24.5 Å². The highest BCUT2D eigenvalue weighted by molar-refractivity contribution is 5.22. The van der Waals surface area contributed by atoms with E-state index < -0.39 is 0 Å². The summed E-state index contributed by atoms with van der Waals surface area (Å²) in [7, 11) is 0. The molecule has 1 unspecified atom stereocenters. The summed E-state index contributed by atoms with van der Waals surface area (Å²) in [4.78, 5) is 2.71. The van der Waals surface area contributed by atoms with Gasteiger partial charge in [0.15, 0.2) is 0 Å². The van der Waals surface area contributed by atoms with E-state index in [0.717, 1.165) is 32.8 Å². The lowest BCUT2D eigenvalue weighted by molar-refractivity contribution is -0.0334. The lowest BCUT2D eigenvalue weighted by Crippen LogP contribution is -2.61. The molecule has 0 spiro atoms. The molecule has 0 aromatic heterocycles. The molecule has 1 atom stereocenters. The van der Waals surface area contributed by atoms with Crippen molar-refractivity contribution in [2.24, 2.45) is 0 Å². The zero-order valence-corrected chi connectivity index (χ0v) is 14.1. The van der Waals surface area contributed by atoms with E-state index in [0.29, 0.717) is 11.6 Å². The Bertz CT molecular complexity index is 476. The SMILES string of the molecule is Cc1cccc(CNC(C)C2(N3CCOCC3)CCCC2)c1. The van der Waals surface area contributed by atoms with Gasteiger partial charge in [0.1, 0.15) is 0 Å².